The van der Waals surface area contributed by atoms with Crippen LogP contribution < -0.4 is 4.74 Å². The van der Waals surface area contributed by atoms with E-state index in [1.54, 1.807) is 12.0 Å². The highest BCUT2D eigenvalue weighted by atomic mass is 16.5. The summed E-state index contributed by atoms with van der Waals surface area (Å²) in [6.07, 6.45) is 0. The SMILES string of the molecule is COc1ccc(CN2C(=O)C(O)=C(c3ccc(C)cc3)C2c2ccc(C)cc2)cc1. The molecule has 4 rings (SSSR count). The highest BCUT2D eigenvalue weighted by Gasteiger charge is 2.40. The van der Waals surface area contributed by atoms with Gasteiger partial charge in [-0.3, -0.25) is 4.79 Å². The third-order valence-electron chi connectivity index (χ3n) is 5.57. The summed E-state index contributed by atoms with van der Waals surface area (Å²) in [5, 5.41) is 10.9. The van der Waals surface area contributed by atoms with Crippen molar-refractivity contribution in [3.63, 3.8) is 0 Å². The molecule has 4 nitrogen and oxygen atoms in total. The summed E-state index contributed by atoms with van der Waals surface area (Å²) in [4.78, 5) is 14.9. The van der Waals surface area contributed by atoms with Crippen LogP contribution in [0, 0.1) is 13.8 Å². The lowest BCUT2D eigenvalue weighted by Crippen LogP contribution is -2.29. The second-order valence-electron chi connectivity index (χ2n) is 7.72. The van der Waals surface area contributed by atoms with E-state index in [1.807, 2.05) is 86.6 Å². The smallest absolute Gasteiger partial charge is 0.290 e. The third kappa shape index (κ3) is 3.69. The molecule has 0 aromatic heterocycles. The van der Waals surface area contributed by atoms with Crippen LogP contribution in [0.25, 0.3) is 5.57 Å². The molecule has 1 aliphatic rings. The molecule has 1 aliphatic heterocycles. The maximum Gasteiger partial charge on any atom is 0.290 e. The zero-order valence-corrected chi connectivity index (χ0v) is 17.4. The van der Waals surface area contributed by atoms with Gasteiger partial charge in [-0.1, -0.05) is 71.8 Å². The molecular weight excluding hydrogens is 374 g/mol. The number of nitrogens with zero attached hydrogens (tertiary/aromatic N) is 1. The predicted molar refractivity (Wildman–Crippen MR) is 118 cm³/mol. The molecule has 0 saturated heterocycles. The van der Waals surface area contributed by atoms with E-state index in [4.69, 9.17) is 4.74 Å². The number of carbonyl (C=O) groups excluding carboxylic acids is 1. The lowest BCUT2D eigenvalue weighted by Gasteiger charge is -2.27. The number of methoxy groups -OCH3 is 1. The Balaban J connectivity index is 1.77. The highest BCUT2D eigenvalue weighted by molar-refractivity contribution is 6.05. The van der Waals surface area contributed by atoms with Gasteiger partial charge in [-0.25, -0.2) is 0 Å². The average Bonchev–Trinajstić information content (AvgIpc) is 3.00. The van der Waals surface area contributed by atoms with Gasteiger partial charge in [0.1, 0.15) is 5.75 Å². The molecule has 1 N–H and O–H groups in total. The van der Waals surface area contributed by atoms with Crippen molar-refractivity contribution in [1.29, 1.82) is 0 Å². The largest absolute Gasteiger partial charge is 0.503 e. The van der Waals surface area contributed by atoms with E-state index in [0.717, 1.165) is 33.6 Å². The van der Waals surface area contributed by atoms with Crippen LogP contribution in [-0.4, -0.2) is 23.0 Å². The van der Waals surface area contributed by atoms with Crippen LogP contribution in [-0.2, 0) is 11.3 Å². The van der Waals surface area contributed by atoms with Gasteiger partial charge in [0.2, 0.25) is 0 Å². The number of hydrogen-bond donors (Lipinski definition) is 1. The first-order valence-corrected chi connectivity index (χ1v) is 9.98. The molecule has 0 fully saturated rings. The van der Waals surface area contributed by atoms with Gasteiger partial charge < -0.3 is 14.7 Å². The van der Waals surface area contributed by atoms with Crippen LogP contribution in [0.15, 0.2) is 78.6 Å². The summed E-state index contributed by atoms with van der Waals surface area (Å²) in [6, 6.07) is 23.3. The summed E-state index contributed by atoms with van der Waals surface area (Å²) in [5.41, 5.74) is 5.73. The summed E-state index contributed by atoms with van der Waals surface area (Å²) in [6.45, 7) is 4.44. The number of aryl methyl sites for hydroxylation is 2. The van der Waals surface area contributed by atoms with Crippen molar-refractivity contribution in [1.82, 2.24) is 4.90 Å². The van der Waals surface area contributed by atoms with Gasteiger partial charge in [0.05, 0.1) is 13.2 Å². The normalized spacial score (nSPS) is 16.3. The first-order chi connectivity index (χ1) is 14.5. The molecule has 0 radical (unpaired) electrons. The average molecular weight is 399 g/mol. The molecule has 1 unspecified atom stereocenters. The number of amides is 1. The van der Waals surface area contributed by atoms with Crippen LogP contribution in [0.5, 0.6) is 5.75 Å². The fraction of sp³-hybridized carbons (Fsp3) is 0.192. The van der Waals surface area contributed by atoms with Crippen LogP contribution in [0.2, 0.25) is 0 Å². The maximum atomic E-state index is 13.1. The highest BCUT2D eigenvalue weighted by Crippen LogP contribution is 2.43. The topological polar surface area (TPSA) is 49.8 Å². The fourth-order valence-corrected chi connectivity index (χ4v) is 3.87. The van der Waals surface area contributed by atoms with Gasteiger partial charge in [-0.05, 0) is 42.7 Å². The predicted octanol–water partition coefficient (Wildman–Crippen LogP) is 5.36. The molecule has 3 aromatic carbocycles. The molecule has 4 heteroatoms. The number of aliphatic hydroxyl groups is 1. The molecule has 1 amide bonds. The van der Waals surface area contributed by atoms with E-state index in [1.165, 1.54) is 0 Å². The minimum atomic E-state index is -0.358. The molecule has 152 valence electrons. The van der Waals surface area contributed by atoms with E-state index in [0.29, 0.717) is 12.1 Å². The Labute approximate surface area is 177 Å². The van der Waals surface area contributed by atoms with Crippen LogP contribution in [0.3, 0.4) is 0 Å². The second kappa shape index (κ2) is 8.07. The quantitative estimate of drug-likeness (QED) is 0.628. The van der Waals surface area contributed by atoms with E-state index in [9.17, 15) is 9.90 Å². The van der Waals surface area contributed by atoms with E-state index >= 15 is 0 Å². The van der Waals surface area contributed by atoms with Crippen molar-refractivity contribution in [2.24, 2.45) is 0 Å². The molecule has 0 spiro atoms. The van der Waals surface area contributed by atoms with Gasteiger partial charge in [-0.2, -0.15) is 0 Å². The molecule has 0 aliphatic carbocycles. The van der Waals surface area contributed by atoms with Gasteiger partial charge in [0.15, 0.2) is 5.76 Å². The van der Waals surface area contributed by atoms with Gasteiger partial charge >= 0.3 is 0 Å². The maximum absolute atomic E-state index is 13.1. The van der Waals surface area contributed by atoms with E-state index in [2.05, 4.69) is 0 Å². The standard InChI is InChI=1S/C26H25NO3/c1-17-4-10-20(11-5-17)23-24(21-12-6-18(2)7-13-21)27(26(29)25(23)28)16-19-8-14-22(30-3)15-9-19/h4-15,24,28H,16H2,1-3H3. The van der Waals surface area contributed by atoms with Gasteiger partial charge in [-0.15, -0.1) is 0 Å². The summed E-state index contributed by atoms with van der Waals surface area (Å²) in [5.74, 6) is 0.229. The van der Waals surface area contributed by atoms with Crippen molar-refractivity contribution in [2.45, 2.75) is 26.4 Å². The minimum Gasteiger partial charge on any atom is -0.503 e. The Hall–Kier alpha value is -3.53. The lowest BCUT2D eigenvalue weighted by molar-refractivity contribution is -0.130. The Kier molecular flexibility index (Phi) is 5.32. The molecule has 1 heterocycles. The molecule has 3 aromatic rings. The number of benzene rings is 3. The molecule has 1 atom stereocenters. The first kappa shape index (κ1) is 19.8. The lowest BCUT2D eigenvalue weighted by atomic mass is 9.92. The van der Waals surface area contributed by atoms with Crippen LogP contribution in [0.4, 0.5) is 0 Å². The summed E-state index contributed by atoms with van der Waals surface area (Å²) in [7, 11) is 1.63. The van der Waals surface area contributed by atoms with Gasteiger partial charge in [0, 0.05) is 12.1 Å². The Morgan fingerprint density at radius 1 is 0.867 bits per heavy atom. The monoisotopic (exact) mass is 399 g/mol. The molecular formula is C26H25NO3. The molecule has 0 saturated carbocycles. The van der Waals surface area contributed by atoms with Crippen molar-refractivity contribution < 1.29 is 14.6 Å². The number of rotatable bonds is 5. The Morgan fingerprint density at radius 2 is 1.43 bits per heavy atom. The zero-order valence-electron chi connectivity index (χ0n) is 17.4. The third-order valence-corrected chi connectivity index (χ3v) is 5.57. The zero-order chi connectivity index (χ0) is 21.3. The summed E-state index contributed by atoms with van der Waals surface area (Å²) < 4.78 is 5.23. The van der Waals surface area contributed by atoms with Crippen LogP contribution >= 0.6 is 0 Å². The molecule has 30 heavy (non-hydrogen) atoms. The second-order valence-corrected chi connectivity index (χ2v) is 7.72. The van der Waals surface area contributed by atoms with Crippen molar-refractivity contribution >= 4 is 11.5 Å². The Bertz CT molecular complexity index is 1080. The van der Waals surface area contributed by atoms with Gasteiger partial charge in [0.25, 0.3) is 5.91 Å². The van der Waals surface area contributed by atoms with Crippen molar-refractivity contribution in [3.8, 4) is 5.75 Å². The van der Waals surface area contributed by atoms with E-state index < -0.39 is 0 Å². The molecule has 0 bridgehead atoms. The summed E-state index contributed by atoms with van der Waals surface area (Å²) >= 11 is 0. The number of ether oxygens (including phenoxy) is 1. The number of carbonyl (C=O) groups is 1. The fourth-order valence-electron chi connectivity index (χ4n) is 3.87. The minimum absolute atomic E-state index is 0.182. The van der Waals surface area contributed by atoms with E-state index in [-0.39, 0.29) is 17.7 Å². The van der Waals surface area contributed by atoms with Crippen molar-refractivity contribution in [2.75, 3.05) is 7.11 Å². The van der Waals surface area contributed by atoms with Crippen LogP contribution in [0.1, 0.15) is 33.9 Å². The van der Waals surface area contributed by atoms with Crippen molar-refractivity contribution in [3.05, 3.63) is 106 Å². The number of hydrogen-bond acceptors (Lipinski definition) is 3. The number of aliphatic hydroxyl groups excluding tert-OH is 1. The first-order valence-electron chi connectivity index (χ1n) is 9.98. The Morgan fingerprint density at radius 3 is 2.00 bits per heavy atom.